The van der Waals surface area contributed by atoms with Gasteiger partial charge in [-0.1, -0.05) is 6.07 Å². The number of ether oxygens (including phenoxy) is 1. The van der Waals surface area contributed by atoms with E-state index in [0.29, 0.717) is 12.0 Å². The highest BCUT2D eigenvalue weighted by atomic mass is 32.1. The summed E-state index contributed by atoms with van der Waals surface area (Å²) in [6.45, 7) is 1.87. The molecule has 1 aliphatic heterocycles. The van der Waals surface area contributed by atoms with Crippen LogP contribution in [0.2, 0.25) is 0 Å². The lowest BCUT2D eigenvalue weighted by atomic mass is 9.78. The fraction of sp³-hybridized carbons (Fsp3) is 0.375. The van der Waals surface area contributed by atoms with Gasteiger partial charge in [-0.2, -0.15) is 0 Å². The number of carbonyl (C=O) groups excluding carboxylic acids is 2. The number of dihydropyridines is 1. The van der Waals surface area contributed by atoms with E-state index in [1.165, 1.54) is 7.11 Å². The van der Waals surface area contributed by atoms with Crippen molar-refractivity contribution in [3.63, 3.8) is 0 Å². The van der Waals surface area contributed by atoms with Crippen LogP contribution in [-0.4, -0.2) is 18.9 Å². The highest BCUT2D eigenvalue weighted by molar-refractivity contribution is 7.10. The maximum absolute atomic E-state index is 12.4. The van der Waals surface area contributed by atoms with Gasteiger partial charge in [-0.15, -0.1) is 11.3 Å². The number of nitrogens with one attached hydrogen (secondary N) is 1. The Labute approximate surface area is 127 Å². The van der Waals surface area contributed by atoms with Crippen LogP contribution in [0.5, 0.6) is 0 Å². The van der Waals surface area contributed by atoms with Gasteiger partial charge >= 0.3 is 5.97 Å². The Bertz CT molecular complexity index is 655. The standard InChI is InChI=1S/C16H17NO3S/c1-9-13(16(19)20-2)15(12-7-4-8-21-12)14-10(17-9)5-3-6-11(14)18/h4,7-8,15,17H,3,5-6H2,1-2H3/t15-/m1/s1. The summed E-state index contributed by atoms with van der Waals surface area (Å²) in [5.74, 6) is -0.527. The molecule has 0 bridgehead atoms. The van der Waals surface area contributed by atoms with Crippen molar-refractivity contribution < 1.29 is 14.3 Å². The second kappa shape index (κ2) is 5.48. The van der Waals surface area contributed by atoms with Gasteiger partial charge in [0.2, 0.25) is 0 Å². The minimum Gasteiger partial charge on any atom is -0.466 e. The SMILES string of the molecule is COC(=O)C1=C(C)NC2=C(C(=O)CCC2)[C@@H]1c1cccs1. The predicted octanol–water partition coefficient (Wildman–Crippen LogP) is 2.89. The number of Topliss-reactive ketones (excluding diaryl/α,β-unsaturated/α-hetero) is 1. The van der Waals surface area contributed by atoms with Gasteiger partial charge in [-0.25, -0.2) is 4.79 Å². The lowest BCUT2D eigenvalue weighted by Gasteiger charge is -2.33. The summed E-state index contributed by atoms with van der Waals surface area (Å²) in [5.41, 5.74) is 3.05. The molecule has 0 spiro atoms. The van der Waals surface area contributed by atoms with Gasteiger partial charge in [0.05, 0.1) is 18.6 Å². The first-order chi connectivity index (χ1) is 10.1. The molecule has 2 aliphatic rings. The molecular formula is C16H17NO3S. The van der Waals surface area contributed by atoms with Crippen LogP contribution in [-0.2, 0) is 14.3 Å². The summed E-state index contributed by atoms with van der Waals surface area (Å²) in [4.78, 5) is 25.7. The third-order valence-corrected chi connectivity index (χ3v) is 4.95. The molecule has 1 aromatic heterocycles. The lowest BCUT2D eigenvalue weighted by Crippen LogP contribution is -2.33. The summed E-state index contributed by atoms with van der Waals surface area (Å²) < 4.78 is 4.94. The second-order valence-corrected chi connectivity index (χ2v) is 6.25. The van der Waals surface area contributed by atoms with Crippen LogP contribution in [0.3, 0.4) is 0 Å². The van der Waals surface area contributed by atoms with E-state index >= 15 is 0 Å². The number of rotatable bonds is 2. The second-order valence-electron chi connectivity index (χ2n) is 5.27. The highest BCUT2D eigenvalue weighted by Gasteiger charge is 2.39. The number of hydrogen-bond donors (Lipinski definition) is 1. The Morgan fingerprint density at radius 1 is 1.43 bits per heavy atom. The average Bonchev–Trinajstić information content (AvgIpc) is 2.99. The molecule has 21 heavy (non-hydrogen) atoms. The van der Waals surface area contributed by atoms with Gasteiger partial charge in [0.25, 0.3) is 0 Å². The van der Waals surface area contributed by atoms with Crippen LogP contribution < -0.4 is 5.32 Å². The molecule has 110 valence electrons. The molecule has 1 aliphatic carbocycles. The van der Waals surface area contributed by atoms with Crippen LogP contribution in [0.15, 0.2) is 40.1 Å². The molecule has 4 nitrogen and oxygen atoms in total. The summed E-state index contributed by atoms with van der Waals surface area (Å²) in [7, 11) is 1.38. The third-order valence-electron chi connectivity index (χ3n) is 4.01. The van der Waals surface area contributed by atoms with E-state index < -0.39 is 0 Å². The van der Waals surface area contributed by atoms with E-state index in [0.717, 1.165) is 34.7 Å². The van der Waals surface area contributed by atoms with Crippen molar-refractivity contribution in [2.75, 3.05) is 7.11 Å². The predicted molar refractivity (Wildman–Crippen MR) is 80.8 cm³/mol. The van der Waals surface area contributed by atoms with E-state index in [1.807, 2.05) is 24.4 Å². The van der Waals surface area contributed by atoms with E-state index in [-0.39, 0.29) is 17.7 Å². The smallest absolute Gasteiger partial charge is 0.336 e. The van der Waals surface area contributed by atoms with Gasteiger partial charge in [0, 0.05) is 28.3 Å². The van der Waals surface area contributed by atoms with Crippen molar-refractivity contribution in [2.24, 2.45) is 0 Å². The van der Waals surface area contributed by atoms with E-state index in [9.17, 15) is 9.59 Å². The van der Waals surface area contributed by atoms with Crippen LogP contribution in [0.25, 0.3) is 0 Å². The van der Waals surface area contributed by atoms with E-state index in [2.05, 4.69) is 5.32 Å². The average molecular weight is 303 g/mol. The number of esters is 1. The Morgan fingerprint density at radius 2 is 2.24 bits per heavy atom. The van der Waals surface area contributed by atoms with Gasteiger partial charge in [-0.3, -0.25) is 4.79 Å². The van der Waals surface area contributed by atoms with Gasteiger partial charge in [0.1, 0.15) is 0 Å². The van der Waals surface area contributed by atoms with Gasteiger partial charge < -0.3 is 10.1 Å². The van der Waals surface area contributed by atoms with Crippen molar-refractivity contribution in [3.05, 3.63) is 44.9 Å². The van der Waals surface area contributed by atoms with Crippen molar-refractivity contribution in [2.45, 2.75) is 32.1 Å². The van der Waals surface area contributed by atoms with Crippen LogP contribution in [0, 0.1) is 0 Å². The van der Waals surface area contributed by atoms with Crippen molar-refractivity contribution in [3.8, 4) is 0 Å². The van der Waals surface area contributed by atoms with Crippen LogP contribution in [0.4, 0.5) is 0 Å². The Hall–Kier alpha value is -1.88. The Kier molecular flexibility index (Phi) is 3.68. The molecule has 0 radical (unpaired) electrons. The molecule has 0 saturated heterocycles. The first-order valence-electron chi connectivity index (χ1n) is 6.99. The number of ketones is 1. The molecule has 0 fully saturated rings. The molecule has 5 heteroatoms. The van der Waals surface area contributed by atoms with Gasteiger partial charge in [-0.05, 0) is 31.2 Å². The summed E-state index contributed by atoms with van der Waals surface area (Å²) in [6, 6.07) is 3.92. The van der Waals surface area contributed by atoms with Crippen LogP contribution >= 0.6 is 11.3 Å². The monoisotopic (exact) mass is 303 g/mol. The molecule has 1 aromatic rings. The summed E-state index contributed by atoms with van der Waals surface area (Å²) in [5, 5.41) is 5.22. The number of hydrogen-bond acceptors (Lipinski definition) is 5. The maximum atomic E-state index is 12.4. The maximum Gasteiger partial charge on any atom is 0.336 e. The quantitative estimate of drug-likeness (QED) is 0.854. The van der Waals surface area contributed by atoms with E-state index in [4.69, 9.17) is 4.74 Å². The lowest BCUT2D eigenvalue weighted by molar-refractivity contribution is -0.136. The number of thiophene rings is 1. The fourth-order valence-electron chi connectivity index (χ4n) is 3.10. The molecule has 0 unspecified atom stereocenters. The van der Waals surface area contributed by atoms with E-state index in [1.54, 1.807) is 11.3 Å². The normalized spacial score (nSPS) is 22.0. The molecule has 0 aromatic carbocycles. The zero-order valence-corrected chi connectivity index (χ0v) is 12.9. The molecule has 3 rings (SSSR count). The first-order valence-corrected chi connectivity index (χ1v) is 7.87. The minimum absolute atomic E-state index is 0.135. The van der Waals surface area contributed by atoms with Crippen LogP contribution in [0.1, 0.15) is 37.0 Å². The molecule has 1 N–H and O–H groups in total. The third kappa shape index (κ3) is 2.31. The summed E-state index contributed by atoms with van der Waals surface area (Å²) in [6.07, 6.45) is 2.27. The molecular weight excluding hydrogens is 286 g/mol. The minimum atomic E-state index is -0.372. The van der Waals surface area contributed by atoms with Crippen molar-refractivity contribution in [1.82, 2.24) is 5.32 Å². The number of methoxy groups -OCH3 is 1. The fourth-order valence-corrected chi connectivity index (χ4v) is 3.95. The molecule has 2 heterocycles. The molecule has 1 atom stereocenters. The Morgan fingerprint density at radius 3 is 2.90 bits per heavy atom. The number of carbonyl (C=O) groups is 2. The number of allylic oxidation sites excluding steroid dienone is 3. The van der Waals surface area contributed by atoms with Gasteiger partial charge in [0.15, 0.2) is 5.78 Å². The van der Waals surface area contributed by atoms with Crippen molar-refractivity contribution >= 4 is 23.1 Å². The topological polar surface area (TPSA) is 55.4 Å². The molecule has 0 saturated carbocycles. The zero-order chi connectivity index (χ0) is 15.0. The summed E-state index contributed by atoms with van der Waals surface area (Å²) >= 11 is 1.56. The zero-order valence-electron chi connectivity index (χ0n) is 12.1. The Balaban J connectivity index is 2.17. The highest BCUT2D eigenvalue weighted by Crippen LogP contribution is 2.43. The van der Waals surface area contributed by atoms with Crippen molar-refractivity contribution in [1.29, 1.82) is 0 Å². The first kappa shape index (κ1) is 14.1. The largest absolute Gasteiger partial charge is 0.466 e. The molecule has 0 amide bonds.